The summed E-state index contributed by atoms with van der Waals surface area (Å²) in [6.07, 6.45) is 0. The Balaban J connectivity index is 2.00. The van der Waals surface area contributed by atoms with Gasteiger partial charge in [-0.3, -0.25) is 9.59 Å². The molecule has 2 rings (SSSR count). The van der Waals surface area contributed by atoms with Crippen molar-refractivity contribution in [2.45, 2.75) is 13.5 Å². The molecular formula is C18H18F2N2O4. The summed E-state index contributed by atoms with van der Waals surface area (Å²) in [6.45, 7) is -0.799. The minimum absolute atomic E-state index is 0.105. The van der Waals surface area contributed by atoms with E-state index in [9.17, 15) is 18.4 Å². The number of anilines is 1. The normalized spacial score (nSPS) is 10.3. The van der Waals surface area contributed by atoms with E-state index in [4.69, 9.17) is 4.74 Å². The van der Waals surface area contributed by atoms with Crippen LogP contribution in [-0.4, -0.2) is 31.6 Å². The highest BCUT2D eigenvalue weighted by Gasteiger charge is 2.10. The van der Waals surface area contributed by atoms with E-state index in [1.54, 1.807) is 31.2 Å². The average Bonchev–Trinajstić information content (AvgIpc) is 2.60. The average molecular weight is 364 g/mol. The molecule has 0 spiro atoms. The summed E-state index contributed by atoms with van der Waals surface area (Å²) in [5, 5.41) is 5.23. The SMILES string of the molecule is CCNC(=O)COc1cccc(NC(=O)c2cccc(OC(F)F)c2)c1. The van der Waals surface area contributed by atoms with Crippen LogP contribution in [0.15, 0.2) is 48.5 Å². The van der Waals surface area contributed by atoms with Gasteiger partial charge in [-0.05, 0) is 37.3 Å². The van der Waals surface area contributed by atoms with Gasteiger partial charge in [-0.2, -0.15) is 8.78 Å². The lowest BCUT2D eigenvalue weighted by Crippen LogP contribution is -2.28. The zero-order valence-electron chi connectivity index (χ0n) is 14.0. The molecule has 0 aliphatic heterocycles. The number of rotatable bonds is 8. The van der Waals surface area contributed by atoms with Gasteiger partial charge in [0.2, 0.25) is 0 Å². The van der Waals surface area contributed by atoms with Gasteiger partial charge in [-0.15, -0.1) is 0 Å². The van der Waals surface area contributed by atoms with Crippen molar-refractivity contribution in [2.75, 3.05) is 18.5 Å². The Morgan fingerprint density at radius 1 is 1.08 bits per heavy atom. The number of carbonyl (C=O) groups is 2. The van der Waals surface area contributed by atoms with E-state index in [2.05, 4.69) is 15.4 Å². The van der Waals surface area contributed by atoms with Crippen LogP contribution in [0.1, 0.15) is 17.3 Å². The van der Waals surface area contributed by atoms with Gasteiger partial charge in [-0.1, -0.05) is 12.1 Å². The molecule has 0 heterocycles. The number of hydrogen-bond acceptors (Lipinski definition) is 4. The summed E-state index contributed by atoms with van der Waals surface area (Å²) in [5.74, 6) is -0.445. The fraction of sp³-hybridized carbons (Fsp3) is 0.222. The number of benzene rings is 2. The molecule has 2 aromatic carbocycles. The largest absolute Gasteiger partial charge is 0.484 e. The molecule has 0 bridgehead atoms. The first kappa shape index (κ1) is 19.2. The van der Waals surface area contributed by atoms with Crippen LogP contribution in [0.4, 0.5) is 14.5 Å². The lowest BCUT2D eigenvalue weighted by Gasteiger charge is -2.10. The highest BCUT2D eigenvalue weighted by atomic mass is 19.3. The van der Waals surface area contributed by atoms with Gasteiger partial charge in [-0.25, -0.2) is 0 Å². The number of ether oxygens (including phenoxy) is 2. The van der Waals surface area contributed by atoms with E-state index in [0.29, 0.717) is 18.0 Å². The second-order valence-corrected chi connectivity index (χ2v) is 5.13. The van der Waals surface area contributed by atoms with E-state index in [1.807, 2.05) is 0 Å². The molecule has 0 aliphatic rings. The van der Waals surface area contributed by atoms with Crippen molar-refractivity contribution in [3.8, 4) is 11.5 Å². The highest BCUT2D eigenvalue weighted by molar-refractivity contribution is 6.04. The Morgan fingerprint density at radius 2 is 1.81 bits per heavy atom. The first-order valence-corrected chi connectivity index (χ1v) is 7.83. The Labute approximate surface area is 149 Å². The maximum atomic E-state index is 12.3. The molecule has 0 saturated heterocycles. The first-order valence-electron chi connectivity index (χ1n) is 7.83. The number of alkyl halides is 2. The molecule has 0 atom stereocenters. The molecule has 138 valence electrons. The monoisotopic (exact) mass is 364 g/mol. The van der Waals surface area contributed by atoms with E-state index >= 15 is 0 Å². The predicted octanol–water partition coefficient (Wildman–Crippen LogP) is 3.06. The molecule has 0 unspecified atom stereocenters. The van der Waals surface area contributed by atoms with Crippen molar-refractivity contribution < 1.29 is 27.8 Å². The molecule has 2 amide bonds. The second kappa shape index (κ2) is 9.36. The fourth-order valence-electron chi connectivity index (χ4n) is 2.08. The van der Waals surface area contributed by atoms with Crippen LogP contribution in [0.2, 0.25) is 0 Å². The van der Waals surface area contributed by atoms with Crippen molar-refractivity contribution in [1.82, 2.24) is 5.32 Å². The molecule has 2 N–H and O–H groups in total. The summed E-state index contributed by atoms with van der Waals surface area (Å²) >= 11 is 0. The minimum Gasteiger partial charge on any atom is -0.484 e. The molecule has 6 nitrogen and oxygen atoms in total. The summed E-state index contributed by atoms with van der Waals surface area (Å²) in [6, 6.07) is 12.0. The Morgan fingerprint density at radius 3 is 2.54 bits per heavy atom. The maximum absolute atomic E-state index is 12.3. The third-order valence-electron chi connectivity index (χ3n) is 3.16. The van der Waals surface area contributed by atoms with Gasteiger partial charge in [0.1, 0.15) is 11.5 Å². The number of amides is 2. The highest BCUT2D eigenvalue weighted by Crippen LogP contribution is 2.20. The number of carbonyl (C=O) groups excluding carboxylic acids is 2. The van der Waals surface area contributed by atoms with E-state index in [0.717, 1.165) is 0 Å². The van der Waals surface area contributed by atoms with Crippen LogP contribution < -0.4 is 20.1 Å². The molecule has 2 aromatic rings. The predicted molar refractivity (Wildman–Crippen MR) is 91.6 cm³/mol. The van der Waals surface area contributed by atoms with Crippen LogP contribution in [0.3, 0.4) is 0 Å². The van der Waals surface area contributed by atoms with Crippen molar-refractivity contribution in [2.24, 2.45) is 0 Å². The molecule has 0 aromatic heterocycles. The Hall–Kier alpha value is -3.16. The Kier molecular flexibility index (Phi) is 6.90. The minimum atomic E-state index is -2.97. The number of nitrogens with one attached hydrogen (secondary N) is 2. The number of halogens is 2. The van der Waals surface area contributed by atoms with Crippen LogP contribution in [0.5, 0.6) is 11.5 Å². The third kappa shape index (κ3) is 6.04. The van der Waals surface area contributed by atoms with Gasteiger partial charge in [0.05, 0.1) is 0 Å². The summed E-state index contributed by atoms with van der Waals surface area (Å²) in [4.78, 5) is 23.7. The summed E-state index contributed by atoms with van der Waals surface area (Å²) in [5.41, 5.74) is 0.598. The third-order valence-corrected chi connectivity index (χ3v) is 3.16. The van der Waals surface area contributed by atoms with Crippen molar-refractivity contribution in [3.05, 3.63) is 54.1 Å². The number of likely N-dealkylation sites (N-methyl/N-ethyl adjacent to an activating group) is 1. The zero-order chi connectivity index (χ0) is 18.9. The molecule has 0 saturated carbocycles. The molecule has 26 heavy (non-hydrogen) atoms. The standard InChI is InChI=1S/C18H18F2N2O4/c1-2-21-16(23)11-25-14-7-4-6-13(10-14)22-17(24)12-5-3-8-15(9-12)26-18(19)20/h3-10,18H,2,11H2,1H3,(H,21,23)(H,22,24). The van der Waals surface area contributed by atoms with Crippen LogP contribution in [0.25, 0.3) is 0 Å². The van der Waals surface area contributed by atoms with Crippen LogP contribution >= 0.6 is 0 Å². The Bertz CT molecular complexity index is 768. The number of hydrogen-bond donors (Lipinski definition) is 2. The van der Waals surface area contributed by atoms with Gasteiger partial charge in [0, 0.05) is 23.9 Å². The second-order valence-electron chi connectivity index (χ2n) is 5.13. The van der Waals surface area contributed by atoms with Gasteiger partial charge in [0.25, 0.3) is 11.8 Å². The lowest BCUT2D eigenvalue weighted by atomic mass is 10.2. The summed E-state index contributed by atoms with van der Waals surface area (Å²) < 4.78 is 34.1. The van der Waals surface area contributed by atoms with E-state index < -0.39 is 12.5 Å². The van der Waals surface area contributed by atoms with Crippen LogP contribution in [0, 0.1) is 0 Å². The lowest BCUT2D eigenvalue weighted by molar-refractivity contribution is -0.122. The topological polar surface area (TPSA) is 76.7 Å². The molecule has 0 aliphatic carbocycles. The van der Waals surface area contributed by atoms with E-state index in [1.165, 1.54) is 24.3 Å². The molecule has 8 heteroatoms. The van der Waals surface area contributed by atoms with E-state index in [-0.39, 0.29) is 23.8 Å². The quantitative estimate of drug-likeness (QED) is 0.755. The van der Waals surface area contributed by atoms with Crippen molar-refractivity contribution in [3.63, 3.8) is 0 Å². The zero-order valence-corrected chi connectivity index (χ0v) is 14.0. The molecule has 0 fully saturated rings. The summed E-state index contributed by atoms with van der Waals surface area (Å²) in [7, 11) is 0. The van der Waals surface area contributed by atoms with Gasteiger partial charge in [0.15, 0.2) is 6.61 Å². The van der Waals surface area contributed by atoms with Gasteiger partial charge >= 0.3 is 6.61 Å². The first-order chi connectivity index (χ1) is 12.5. The van der Waals surface area contributed by atoms with Crippen molar-refractivity contribution in [1.29, 1.82) is 0 Å². The molecule has 0 radical (unpaired) electrons. The maximum Gasteiger partial charge on any atom is 0.387 e. The van der Waals surface area contributed by atoms with Crippen molar-refractivity contribution >= 4 is 17.5 Å². The van der Waals surface area contributed by atoms with Crippen LogP contribution in [-0.2, 0) is 4.79 Å². The smallest absolute Gasteiger partial charge is 0.387 e. The molecular weight excluding hydrogens is 346 g/mol. The fourth-order valence-corrected chi connectivity index (χ4v) is 2.08. The van der Waals surface area contributed by atoms with Gasteiger partial charge < -0.3 is 20.1 Å².